The van der Waals surface area contributed by atoms with E-state index >= 15 is 0 Å². The molecule has 0 unspecified atom stereocenters. The molecule has 0 aliphatic carbocycles. The molecule has 0 bridgehead atoms. The average Bonchev–Trinajstić information content (AvgIpc) is 2.80. The summed E-state index contributed by atoms with van der Waals surface area (Å²) in [5.74, 6) is -2.57. The van der Waals surface area contributed by atoms with Gasteiger partial charge in [0, 0.05) is 34.8 Å². The Bertz CT molecular complexity index is 545. The Morgan fingerprint density at radius 3 is 1.73 bits per heavy atom. The average molecular weight is 376 g/mol. The molecule has 1 fully saturated rings. The highest BCUT2D eigenvalue weighted by Crippen LogP contribution is 2.32. The first-order chi connectivity index (χ1) is 12.1. The summed E-state index contributed by atoms with van der Waals surface area (Å²) in [6, 6.07) is 0. The van der Waals surface area contributed by atoms with Crippen LogP contribution >= 0.6 is 0 Å². The minimum absolute atomic E-state index is 0.600. The Kier molecular flexibility index (Phi) is 7.97. The van der Waals surface area contributed by atoms with Crippen LogP contribution < -0.4 is 0 Å². The molecular weight excluding hydrogens is 352 g/mol. The fourth-order valence-electron chi connectivity index (χ4n) is 2.70. The molecule has 0 aromatic carbocycles. The van der Waals surface area contributed by atoms with E-state index in [2.05, 4.69) is 0 Å². The van der Waals surface area contributed by atoms with Gasteiger partial charge in [-0.2, -0.15) is 0 Å². The van der Waals surface area contributed by atoms with Crippen molar-refractivity contribution in [2.75, 3.05) is 7.11 Å². The molecule has 0 amide bonds. The van der Waals surface area contributed by atoms with Crippen LogP contribution in [0.1, 0.15) is 34.6 Å². The van der Waals surface area contributed by atoms with E-state index in [1.807, 2.05) is 0 Å². The van der Waals surface area contributed by atoms with Crippen LogP contribution in [0.2, 0.25) is 0 Å². The van der Waals surface area contributed by atoms with Crippen molar-refractivity contribution in [1.82, 2.24) is 0 Å². The maximum Gasteiger partial charge on any atom is 0.303 e. The molecule has 6 atom stereocenters. The Morgan fingerprint density at radius 1 is 0.808 bits per heavy atom. The monoisotopic (exact) mass is 376 g/mol. The molecule has 0 aromatic heterocycles. The van der Waals surface area contributed by atoms with Gasteiger partial charge < -0.3 is 28.4 Å². The third kappa shape index (κ3) is 5.95. The van der Waals surface area contributed by atoms with Gasteiger partial charge in [0.2, 0.25) is 0 Å². The van der Waals surface area contributed by atoms with E-state index in [4.69, 9.17) is 28.4 Å². The molecule has 10 nitrogen and oxygen atoms in total. The molecule has 0 aromatic rings. The second-order valence-electron chi connectivity index (χ2n) is 5.74. The highest BCUT2D eigenvalue weighted by Gasteiger charge is 2.55. The summed E-state index contributed by atoms with van der Waals surface area (Å²) in [5, 5.41) is 0. The summed E-state index contributed by atoms with van der Waals surface area (Å²) >= 11 is 0. The van der Waals surface area contributed by atoms with Gasteiger partial charge in [-0.25, -0.2) is 0 Å². The number of ether oxygens (including phenoxy) is 6. The largest absolute Gasteiger partial charge is 0.459 e. The van der Waals surface area contributed by atoms with E-state index in [-0.39, 0.29) is 0 Å². The zero-order valence-corrected chi connectivity index (χ0v) is 15.5. The maximum atomic E-state index is 11.5. The normalized spacial score (nSPS) is 27.2. The predicted octanol–water partition coefficient (Wildman–Crippen LogP) is 0.104. The quantitative estimate of drug-likeness (QED) is 0.446. The van der Waals surface area contributed by atoms with E-state index < -0.39 is 60.7 Å². The van der Waals surface area contributed by atoms with Crippen LogP contribution in [0.3, 0.4) is 0 Å². The van der Waals surface area contributed by atoms with Crippen molar-refractivity contribution < 1.29 is 47.6 Å². The number of methoxy groups -OCH3 is 1. The first-order valence-corrected chi connectivity index (χ1v) is 7.94. The van der Waals surface area contributed by atoms with Crippen LogP contribution in [0.25, 0.3) is 0 Å². The van der Waals surface area contributed by atoms with Gasteiger partial charge in [-0.15, -0.1) is 0 Å². The highest BCUT2D eigenvalue weighted by molar-refractivity contribution is 5.68. The third-order valence-corrected chi connectivity index (χ3v) is 3.48. The van der Waals surface area contributed by atoms with Crippen LogP contribution in [0.4, 0.5) is 0 Å². The first-order valence-electron chi connectivity index (χ1n) is 7.94. The van der Waals surface area contributed by atoms with Crippen LogP contribution in [0.5, 0.6) is 0 Å². The van der Waals surface area contributed by atoms with Gasteiger partial charge in [0.05, 0.1) is 0 Å². The Hall–Kier alpha value is -2.20. The molecule has 0 N–H and O–H groups in total. The number of esters is 4. The summed E-state index contributed by atoms with van der Waals surface area (Å²) in [7, 11) is 1.31. The summed E-state index contributed by atoms with van der Waals surface area (Å²) in [6.07, 6.45) is -6.44. The van der Waals surface area contributed by atoms with E-state index in [1.54, 1.807) is 0 Å². The van der Waals surface area contributed by atoms with Crippen molar-refractivity contribution in [3.8, 4) is 0 Å². The second-order valence-corrected chi connectivity index (χ2v) is 5.74. The van der Waals surface area contributed by atoms with Crippen molar-refractivity contribution in [2.24, 2.45) is 0 Å². The summed E-state index contributed by atoms with van der Waals surface area (Å²) in [4.78, 5) is 45.7. The molecule has 26 heavy (non-hydrogen) atoms. The lowest BCUT2D eigenvalue weighted by molar-refractivity contribution is -0.199. The zero-order valence-electron chi connectivity index (χ0n) is 15.5. The molecule has 1 aliphatic heterocycles. The molecule has 0 radical (unpaired) electrons. The standard InChI is InChI=1S/C16H24O10/c1-7(22-8(2)17)12(23-9(3)18)13-14(24-10(4)19)15(25-11(5)20)16(21-6)26-13/h7,12-16H,1-6H3/t7-,12-,13-,14+,15+,16-/m1/s1. The molecule has 10 heteroatoms. The third-order valence-electron chi connectivity index (χ3n) is 3.48. The van der Waals surface area contributed by atoms with Crippen LogP contribution in [-0.4, -0.2) is 67.8 Å². The van der Waals surface area contributed by atoms with Crippen LogP contribution in [-0.2, 0) is 47.6 Å². The Labute approximate surface area is 151 Å². The van der Waals surface area contributed by atoms with Gasteiger partial charge in [-0.1, -0.05) is 0 Å². The number of carbonyl (C=O) groups is 4. The topological polar surface area (TPSA) is 124 Å². The Morgan fingerprint density at radius 2 is 1.31 bits per heavy atom. The van der Waals surface area contributed by atoms with Gasteiger partial charge in [0.25, 0.3) is 0 Å². The zero-order chi connectivity index (χ0) is 20.0. The van der Waals surface area contributed by atoms with E-state index in [1.165, 1.54) is 41.7 Å². The van der Waals surface area contributed by atoms with Crippen molar-refractivity contribution in [1.29, 1.82) is 0 Å². The molecule has 0 spiro atoms. The lowest BCUT2D eigenvalue weighted by Gasteiger charge is -2.30. The smallest absolute Gasteiger partial charge is 0.303 e. The number of carbonyl (C=O) groups excluding carboxylic acids is 4. The van der Waals surface area contributed by atoms with Gasteiger partial charge in [0.1, 0.15) is 12.2 Å². The summed E-state index contributed by atoms with van der Waals surface area (Å²) in [5.41, 5.74) is 0. The minimum atomic E-state index is -1.14. The molecule has 148 valence electrons. The van der Waals surface area contributed by atoms with Gasteiger partial charge in [0.15, 0.2) is 24.6 Å². The van der Waals surface area contributed by atoms with E-state index in [9.17, 15) is 19.2 Å². The molecule has 0 saturated carbocycles. The van der Waals surface area contributed by atoms with Crippen LogP contribution in [0, 0.1) is 0 Å². The lowest BCUT2D eigenvalue weighted by Crippen LogP contribution is -2.49. The molecule has 1 saturated heterocycles. The SMILES string of the molecule is CO[C@@H]1O[C@H]([C@H](OC(C)=O)[C@@H](C)OC(C)=O)[C@H](OC(C)=O)[C@@H]1OC(C)=O. The fourth-order valence-corrected chi connectivity index (χ4v) is 2.70. The van der Waals surface area contributed by atoms with Crippen molar-refractivity contribution in [2.45, 2.75) is 71.4 Å². The van der Waals surface area contributed by atoms with Crippen LogP contribution in [0.15, 0.2) is 0 Å². The van der Waals surface area contributed by atoms with Crippen molar-refractivity contribution >= 4 is 23.9 Å². The summed E-state index contributed by atoms with van der Waals surface area (Å²) < 4.78 is 31.5. The van der Waals surface area contributed by atoms with Gasteiger partial charge in [-0.3, -0.25) is 19.2 Å². The predicted molar refractivity (Wildman–Crippen MR) is 83.6 cm³/mol. The number of hydrogen-bond acceptors (Lipinski definition) is 10. The summed E-state index contributed by atoms with van der Waals surface area (Å²) in [6.45, 7) is 6.19. The second kappa shape index (κ2) is 9.48. The molecule has 1 heterocycles. The van der Waals surface area contributed by atoms with E-state index in [0.29, 0.717) is 0 Å². The lowest BCUT2D eigenvalue weighted by atomic mass is 10.0. The van der Waals surface area contributed by atoms with Crippen molar-refractivity contribution in [3.05, 3.63) is 0 Å². The molecule has 1 rings (SSSR count). The number of rotatable bonds is 7. The molecule has 1 aliphatic rings. The van der Waals surface area contributed by atoms with Gasteiger partial charge >= 0.3 is 23.9 Å². The number of hydrogen-bond donors (Lipinski definition) is 0. The Balaban J connectivity index is 3.21. The first kappa shape index (κ1) is 21.8. The van der Waals surface area contributed by atoms with E-state index in [0.717, 1.165) is 0 Å². The van der Waals surface area contributed by atoms with Crippen molar-refractivity contribution in [3.63, 3.8) is 0 Å². The van der Waals surface area contributed by atoms with Gasteiger partial charge in [-0.05, 0) is 6.92 Å². The maximum absolute atomic E-state index is 11.5. The highest BCUT2D eigenvalue weighted by atomic mass is 16.7. The fraction of sp³-hybridized carbons (Fsp3) is 0.750. The molecular formula is C16H24O10. The minimum Gasteiger partial charge on any atom is -0.459 e.